The first kappa shape index (κ1) is 50.7. The van der Waals surface area contributed by atoms with Crippen molar-refractivity contribution in [2.45, 2.75) is 212 Å². The van der Waals surface area contributed by atoms with Crippen molar-refractivity contribution in [3.63, 3.8) is 0 Å². The van der Waals surface area contributed by atoms with Gasteiger partial charge in [0.1, 0.15) is 5.82 Å². The van der Waals surface area contributed by atoms with Gasteiger partial charge in [0.25, 0.3) is 0 Å². The Kier molecular flexibility index (Phi) is 17.4. The molecule has 55 heavy (non-hydrogen) atoms. The maximum Gasteiger partial charge on any atom is 0.192 e. The van der Waals surface area contributed by atoms with Gasteiger partial charge in [-0.05, 0) is 110 Å². The normalized spacial score (nSPS) is 21.6. The maximum absolute atomic E-state index is 14.5. The van der Waals surface area contributed by atoms with E-state index >= 15 is 0 Å². The molecule has 2 N–H and O–H groups in total. The van der Waals surface area contributed by atoms with Crippen molar-refractivity contribution in [1.82, 2.24) is 4.90 Å². The van der Waals surface area contributed by atoms with E-state index in [4.69, 9.17) is 17.7 Å². The molecule has 7 nitrogen and oxygen atoms in total. The van der Waals surface area contributed by atoms with Crippen LogP contribution in [0, 0.1) is 5.82 Å². The summed E-state index contributed by atoms with van der Waals surface area (Å²) in [6.45, 7) is 49.8. The number of aliphatic hydroxyl groups excluding tert-OH is 1. The molecule has 0 saturated carbocycles. The zero-order chi connectivity index (χ0) is 42.6. The summed E-state index contributed by atoms with van der Waals surface area (Å²) in [5.41, 5.74) is 1.07. The van der Waals surface area contributed by atoms with Gasteiger partial charge >= 0.3 is 0 Å². The summed E-state index contributed by atoms with van der Waals surface area (Å²) in [6.07, 6.45) is 3.61. The molecule has 0 amide bonds. The van der Waals surface area contributed by atoms with Crippen molar-refractivity contribution >= 4 is 39.0 Å². The molecule has 0 radical (unpaired) electrons. The third-order valence-electron chi connectivity index (χ3n) is 14.0. The molecule has 1 saturated heterocycles. The zero-order valence-electron chi connectivity index (χ0n) is 39.3. The number of benzene rings is 1. The van der Waals surface area contributed by atoms with Crippen LogP contribution in [0.5, 0.6) is 0 Å². The van der Waals surface area contributed by atoms with Crippen LogP contribution >= 0.6 is 0 Å². The smallest absolute Gasteiger partial charge is 0.192 e. The van der Waals surface area contributed by atoms with Crippen LogP contribution < -0.4 is 5.32 Å². The van der Waals surface area contributed by atoms with Crippen LogP contribution in [0.15, 0.2) is 18.2 Å². The summed E-state index contributed by atoms with van der Waals surface area (Å²) in [5, 5.41) is 12.8. The molecule has 1 fully saturated rings. The average molecular weight is 844 g/mol. The lowest BCUT2D eigenvalue weighted by Crippen LogP contribution is -2.70. The van der Waals surface area contributed by atoms with E-state index in [0.29, 0.717) is 24.4 Å². The second-order valence-electron chi connectivity index (χ2n) is 22.5. The highest BCUT2D eigenvalue weighted by atomic mass is 28.4. The predicted molar refractivity (Wildman–Crippen MR) is 244 cm³/mol. The van der Waals surface area contributed by atoms with Gasteiger partial charge in [-0.3, -0.25) is 4.90 Å². The van der Waals surface area contributed by atoms with Gasteiger partial charge in [-0.25, -0.2) is 4.39 Å². The molecule has 3 unspecified atom stereocenters. The Morgan fingerprint density at radius 2 is 1.15 bits per heavy atom. The van der Waals surface area contributed by atoms with E-state index < -0.39 is 33.3 Å². The van der Waals surface area contributed by atoms with Crippen LogP contribution in [0.25, 0.3) is 0 Å². The minimum Gasteiger partial charge on any atom is -0.415 e. The Morgan fingerprint density at radius 1 is 0.673 bits per heavy atom. The van der Waals surface area contributed by atoms with Gasteiger partial charge in [0.2, 0.25) is 0 Å². The molecule has 1 heterocycles. The number of anilines is 1. The highest BCUT2D eigenvalue weighted by Gasteiger charge is 2.55. The van der Waals surface area contributed by atoms with Gasteiger partial charge < -0.3 is 28.1 Å². The van der Waals surface area contributed by atoms with Crippen LogP contribution in [0.2, 0.25) is 72.5 Å². The average Bonchev–Trinajstić information content (AvgIpc) is 2.99. The monoisotopic (exact) mass is 843 g/mol. The molecule has 0 aromatic heterocycles. The number of nitrogens with zero attached hydrogens (tertiary/aromatic N) is 1. The van der Waals surface area contributed by atoms with Crippen molar-refractivity contribution in [2.75, 3.05) is 31.6 Å². The van der Waals surface area contributed by atoms with Crippen LogP contribution in [0.3, 0.4) is 0 Å². The fourth-order valence-corrected chi connectivity index (χ4v) is 10.9. The first-order chi connectivity index (χ1) is 24.7. The summed E-state index contributed by atoms with van der Waals surface area (Å²) in [4.78, 5) is 2.66. The number of piperidine rings is 1. The number of nitrogens with one attached hydrogen (secondary N) is 1. The third kappa shape index (κ3) is 13.8. The van der Waals surface area contributed by atoms with E-state index in [0.717, 1.165) is 38.8 Å². The number of aliphatic hydroxyl groups is 1. The summed E-state index contributed by atoms with van der Waals surface area (Å²) in [6, 6.07) is 4.92. The van der Waals surface area contributed by atoms with Gasteiger partial charge in [-0.15, -0.1) is 0 Å². The molecule has 1 aliphatic heterocycles. The number of unbranched alkanes of at least 4 members (excludes halogenated alkanes) is 3. The minimum absolute atomic E-state index is 0.0231. The van der Waals surface area contributed by atoms with Crippen molar-refractivity contribution in [1.29, 1.82) is 0 Å². The van der Waals surface area contributed by atoms with E-state index in [1.807, 2.05) is 0 Å². The second kappa shape index (κ2) is 18.9. The highest BCUT2D eigenvalue weighted by Crippen LogP contribution is 2.46. The summed E-state index contributed by atoms with van der Waals surface area (Å²) in [5.74, 6) is -0.317. The van der Waals surface area contributed by atoms with Crippen LogP contribution in [0.1, 0.15) is 114 Å². The number of halogens is 1. The molecule has 1 aliphatic rings. The lowest BCUT2D eigenvalue weighted by atomic mass is 9.94. The Bertz CT molecular complexity index is 1350. The molecular formula is C43H87FN2O5Si4. The fraction of sp³-hybridized carbons (Fsp3) is 0.860. The molecule has 0 aliphatic carbocycles. The Hall–Kier alpha value is -0.422. The van der Waals surface area contributed by atoms with E-state index in [2.05, 4.69) is 146 Å². The summed E-state index contributed by atoms with van der Waals surface area (Å²) in [7, 11) is -8.82. The molecular weight excluding hydrogens is 756 g/mol. The Balaban J connectivity index is 2.54. The first-order valence-electron chi connectivity index (χ1n) is 21.2. The van der Waals surface area contributed by atoms with Crippen molar-refractivity contribution in [2.24, 2.45) is 0 Å². The quantitative estimate of drug-likeness (QED) is 0.113. The number of hydrogen-bond acceptors (Lipinski definition) is 7. The zero-order valence-corrected chi connectivity index (χ0v) is 43.3. The van der Waals surface area contributed by atoms with Crippen LogP contribution in [-0.4, -0.2) is 93.9 Å². The predicted octanol–water partition coefficient (Wildman–Crippen LogP) is 12.2. The number of likely N-dealkylation sites (tertiary alicyclic amines) is 1. The van der Waals surface area contributed by atoms with Crippen molar-refractivity contribution < 1.29 is 27.2 Å². The molecule has 2 rings (SSSR count). The molecule has 0 bridgehead atoms. The van der Waals surface area contributed by atoms with Gasteiger partial charge in [-0.2, -0.15) is 0 Å². The first-order valence-corrected chi connectivity index (χ1v) is 32.9. The van der Waals surface area contributed by atoms with E-state index in [-0.39, 0.29) is 56.9 Å². The standard InChI is InChI=1S/C43H87FN2O5Si4/c1-40(2,3)52(13,14)48-32-36-38(50-54(17,18)42(7,8)9)39(51-55(19,20)43(10,11)12)37(49-53(15,16)41(4,5)6)30-46(36)28-24-22-21-23-27-45-35-26-25-33(31-47)29-34(35)44/h25-26,29,36-39,45,47H,21-24,27-28,30-32H2,1-20H3/t36-,37?,38?,39?/m1/s1. The Labute approximate surface area is 343 Å². The largest absolute Gasteiger partial charge is 0.415 e. The van der Waals surface area contributed by atoms with Gasteiger partial charge in [0.15, 0.2) is 33.3 Å². The molecule has 4 atom stereocenters. The third-order valence-corrected chi connectivity index (χ3v) is 32.0. The second-order valence-corrected chi connectivity index (χ2v) is 41.6. The number of rotatable bonds is 18. The fourth-order valence-electron chi connectivity index (χ4n) is 5.88. The van der Waals surface area contributed by atoms with Crippen LogP contribution in [0.4, 0.5) is 10.1 Å². The lowest BCUT2D eigenvalue weighted by molar-refractivity contribution is -0.128. The van der Waals surface area contributed by atoms with Gasteiger partial charge in [0, 0.05) is 13.1 Å². The van der Waals surface area contributed by atoms with Crippen molar-refractivity contribution in [3.8, 4) is 0 Å². The summed E-state index contributed by atoms with van der Waals surface area (Å²) >= 11 is 0. The van der Waals surface area contributed by atoms with E-state index in [1.165, 1.54) is 6.07 Å². The molecule has 12 heteroatoms. The molecule has 0 spiro atoms. The van der Waals surface area contributed by atoms with E-state index in [9.17, 15) is 9.50 Å². The van der Waals surface area contributed by atoms with Crippen molar-refractivity contribution in [3.05, 3.63) is 29.6 Å². The van der Waals surface area contributed by atoms with Gasteiger partial charge in [0.05, 0.1) is 43.3 Å². The Morgan fingerprint density at radius 3 is 1.62 bits per heavy atom. The highest BCUT2D eigenvalue weighted by molar-refractivity contribution is 6.75. The van der Waals surface area contributed by atoms with E-state index in [1.54, 1.807) is 12.1 Å². The minimum atomic E-state index is -2.28. The maximum atomic E-state index is 14.5. The summed E-state index contributed by atoms with van der Waals surface area (Å²) < 4.78 is 44.4. The SMILES string of the molecule is CC(C)(C)[Si](C)(C)OC[C@@H]1C(O[Si](C)(C)C(C)(C)C)C(O[Si](C)(C)C(C)(C)C)C(O[Si](C)(C)C(C)(C)C)CN1CCCCCCNc1ccc(CO)cc1F. The molecule has 322 valence electrons. The lowest BCUT2D eigenvalue weighted by Gasteiger charge is -2.56. The van der Waals surface area contributed by atoms with Gasteiger partial charge in [-0.1, -0.05) is 102 Å². The topological polar surface area (TPSA) is 72.4 Å². The molecule has 1 aromatic rings. The number of hydrogen-bond donors (Lipinski definition) is 2. The molecule has 1 aromatic carbocycles. The van der Waals surface area contributed by atoms with Crippen LogP contribution in [-0.2, 0) is 24.3 Å².